The van der Waals surface area contributed by atoms with Crippen molar-refractivity contribution in [3.8, 4) is 0 Å². The van der Waals surface area contributed by atoms with E-state index in [0.717, 1.165) is 12.1 Å². The van der Waals surface area contributed by atoms with Gasteiger partial charge >= 0.3 is 6.18 Å². The molecule has 0 bridgehead atoms. The molecule has 1 fully saturated rings. The molecule has 1 aliphatic rings. The second kappa shape index (κ2) is 9.12. The van der Waals surface area contributed by atoms with Crippen molar-refractivity contribution in [1.82, 2.24) is 15.2 Å². The molecule has 2 amide bonds. The summed E-state index contributed by atoms with van der Waals surface area (Å²) in [7, 11) is 0. The second-order valence-electron chi connectivity index (χ2n) is 7.09. The van der Waals surface area contributed by atoms with Crippen LogP contribution >= 0.6 is 0 Å². The van der Waals surface area contributed by atoms with Gasteiger partial charge < -0.3 is 16.4 Å². The van der Waals surface area contributed by atoms with Gasteiger partial charge in [0.05, 0.1) is 17.7 Å². The van der Waals surface area contributed by atoms with E-state index in [1.807, 2.05) is 4.90 Å². The highest BCUT2D eigenvalue weighted by Crippen LogP contribution is 2.31. The molecule has 1 aromatic carbocycles. The Hall–Kier alpha value is -3.14. The molecule has 0 spiro atoms. The zero-order valence-electron chi connectivity index (χ0n) is 16.1. The predicted molar refractivity (Wildman–Crippen MR) is 105 cm³/mol. The topological polar surface area (TPSA) is 100 Å². The van der Waals surface area contributed by atoms with E-state index in [-0.39, 0.29) is 35.6 Å². The predicted octanol–water partition coefficient (Wildman–Crippen LogP) is 2.52. The number of piperidine rings is 1. The molecule has 2 heterocycles. The number of likely N-dealkylation sites (tertiary alicyclic amines) is 1. The Balaban J connectivity index is 1.67. The largest absolute Gasteiger partial charge is 0.416 e. The van der Waals surface area contributed by atoms with Crippen LogP contribution in [0.2, 0.25) is 0 Å². The Morgan fingerprint density at radius 3 is 2.57 bits per heavy atom. The first kappa shape index (κ1) is 21.6. The highest BCUT2D eigenvalue weighted by Gasteiger charge is 2.30. The van der Waals surface area contributed by atoms with Gasteiger partial charge in [0.1, 0.15) is 5.82 Å². The van der Waals surface area contributed by atoms with Gasteiger partial charge in [0.25, 0.3) is 5.91 Å². The SMILES string of the molecule is NC(=O)CN1CCC(NC(=O)c2cccnc2Nc2cccc(C(F)(F)F)c2)CC1. The van der Waals surface area contributed by atoms with E-state index in [1.165, 1.54) is 18.3 Å². The number of hydrogen-bond acceptors (Lipinski definition) is 5. The lowest BCUT2D eigenvalue weighted by Gasteiger charge is -2.31. The molecular weight excluding hydrogens is 399 g/mol. The Bertz CT molecular complexity index is 911. The van der Waals surface area contributed by atoms with Gasteiger partial charge in [-0.1, -0.05) is 6.07 Å². The van der Waals surface area contributed by atoms with Crippen LogP contribution < -0.4 is 16.4 Å². The average molecular weight is 421 g/mol. The standard InChI is InChI=1S/C20H22F3N5O2/c21-20(22,23)13-3-1-4-15(11-13)26-18-16(5-2-8-25-18)19(30)27-14-6-9-28(10-7-14)12-17(24)29/h1-5,8,11,14H,6-7,9-10,12H2,(H2,24,29)(H,25,26)(H,27,30). The number of nitrogens with zero attached hydrogens (tertiary/aromatic N) is 2. The van der Waals surface area contributed by atoms with Gasteiger partial charge in [0.15, 0.2) is 0 Å². The third kappa shape index (κ3) is 5.69. The molecular formula is C20H22F3N5O2. The zero-order chi connectivity index (χ0) is 21.7. The fourth-order valence-electron chi connectivity index (χ4n) is 3.32. The van der Waals surface area contributed by atoms with Crippen molar-refractivity contribution in [3.63, 3.8) is 0 Å². The molecule has 30 heavy (non-hydrogen) atoms. The fourth-order valence-corrected chi connectivity index (χ4v) is 3.32. The summed E-state index contributed by atoms with van der Waals surface area (Å²) in [6.45, 7) is 1.46. The van der Waals surface area contributed by atoms with Crippen LogP contribution in [0.15, 0.2) is 42.6 Å². The maximum Gasteiger partial charge on any atom is 0.416 e. The van der Waals surface area contributed by atoms with Crippen LogP contribution in [0.3, 0.4) is 0 Å². The summed E-state index contributed by atoms with van der Waals surface area (Å²) in [5.74, 6) is -0.593. The minimum absolute atomic E-state index is 0.0803. The minimum Gasteiger partial charge on any atom is -0.369 e. The fraction of sp³-hybridized carbons (Fsp3) is 0.350. The summed E-state index contributed by atoms with van der Waals surface area (Å²) in [5, 5.41) is 5.73. The number of anilines is 2. The van der Waals surface area contributed by atoms with Crippen molar-refractivity contribution in [2.75, 3.05) is 25.0 Å². The summed E-state index contributed by atoms with van der Waals surface area (Å²) in [6.07, 6.45) is -1.69. The number of hydrogen-bond donors (Lipinski definition) is 3. The molecule has 1 aliphatic heterocycles. The summed E-state index contributed by atoms with van der Waals surface area (Å²) in [6, 6.07) is 7.76. The van der Waals surface area contributed by atoms with Crippen LogP contribution in [0.25, 0.3) is 0 Å². The van der Waals surface area contributed by atoms with E-state index in [1.54, 1.807) is 12.1 Å². The Labute approximate surface area is 171 Å². The number of benzene rings is 1. The van der Waals surface area contributed by atoms with Gasteiger partial charge in [0.2, 0.25) is 5.91 Å². The normalized spacial score (nSPS) is 15.6. The molecule has 10 heteroatoms. The number of amides is 2. The molecule has 0 radical (unpaired) electrons. The minimum atomic E-state index is -4.47. The quantitative estimate of drug-likeness (QED) is 0.666. The number of nitrogens with one attached hydrogen (secondary N) is 2. The van der Waals surface area contributed by atoms with Crippen molar-refractivity contribution >= 4 is 23.3 Å². The Morgan fingerprint density at radius 1 is 1.17 bits per heavy atom. The van der Waals surface area contributed by atoms with Crippen LogP contribution in [0, 0.1) is 0 Å². The van der Waals surface area contributed by atoms with Crippen molar-refractivity contribution < 1.29 is 22.8 Å². The first-order chi connectivity index (χ1) is 14.2. The Kier molecular flexibility index (Phi) is 6.56. The lowest BCUT2D eigenvalue weighted by Crippen LogP contribution is -2.46. The van der Waals surface area contributed by atoms with Gasteiger partial charge in [-0.25, -0.2) is 4.98 Å². The van der Waals surface area contributed by atoms with Gasteiger partial charge in [-0.3, -0.25) is 14.5 Å². The second-order valence-corrected chi connectivity index (χ2v) is 7.09. The highest BCUT2D eigenvalue weighted by atomic mass is 19.4. The summed E-state index contributed by atoms with van der Waals surface area (Å²) < 4.78 is 38.8. The lowest BCUT2D eigenvalue weighted by atomic mass is 10.0. The van der Waals surface area contributed by atoms with Crippen molar-refractivity contribution in [3.05, 3.63) is 53.7 Å². The maximum absolute atomic E-state index is 12.9. The summed E-state index contributed by atoms with van der Waals surface area (Å²) >= 11 is 0. The molecule has 0 aliphatic carbocycles. The van der Waals surface area contributed by atoms with Gasteiger partial charge in [-0.2, -0.15) is 13.2 Å². The molecule has 1 aromatic heterocycles. The summed E-state index contributed by atoms with van der Waals surface area (Å²) in [5.41, 5.74) is 4.82. The average Bonchev–Trinajstić information content (AvgIpc) is 2.69. The van der Waals surface area contributed by atoms with Crippen molar-refractivity contribution in [1.29, 1.82) is 0 Å². The monoisotopic (exact) mass is 421 g/mol. The molecule has 4 N–H and O–H groups in total. The van der Waals surface area contributed by atoms with Gasteiger partial charge in [-0.15, -0.1) is 0 Å². The zero-order valence-corrected chi connectivity index (χ0v) is 16.1. The molecule has 0 unspecified atom stereocenters. The number of pyridine rings is 1. The van der Waals surface area contributed by atoms with Crippen molar-refractivity contribution in [2.45, 2.75) is 25.1 Å². The van der Waals surface area contributed by atoms with E-state index in [9.17, 15) is 22.8 Å². The number of carbonyl (C=O) groups is 2. The molecule has 2 aromatic rings. The van der Waals surface area contributed by atoms with E-state index in [0.29, 0.717) is 25.9 Å². The van der Waals surface area contributed by atoms with Crippen LogP contribution in [0.4, 0.5) is 24.7 Å². The number of carbonyl (C=O) groups excluding carboxylic acids is 2. The molecule has 0 atom stereocenters. The number of rotatable bonds is 6. The van der Waals surface area contributed by atoms with Crippen LogP contribution in [-0.4, -0.2) is 47.4 Å². The molecule has 3 rings (SSSR count). The number of halogens is 3. The number of primary amides is 1. The number of aromatic nitrogens is 1. The van der Waals surface area contributed by atoms with Crippen molar-refractivity contribution in [2.24, 2.45) is 5.73 Å². The van der Waals surface area contributed by atoms with Crippen LogP contribution in [-0.2, 0) is 11.0 Å². The molecule has 0 saturated carbocycles. The lowest BCUT2D eigenvalue weighted by molar-refractivity contribution is -0.137. The van der Waals surface area contributed by atoms with Crippen LogP contribution in [0.1, 0.15) is 28.8 Å². The van der Waals surface area contributed by atoms with E-state index < -0.39 is 17.6 Å². The third-order valence-electron chi connectivity index (χ3n) is 4.81. The van der Waals surface area contributed by atoms with Gasteiger partial charge in [-0.05, 0) is 43.2 Å². The smallest absolute Gasteiger partial charge is 0.369 e. The number of nitrogens with two attached hydrogens (primary N) is 1. The first-order valence-electron chi connectivity index (χ1n) is 9.43. The number of alkyl halides is 3. The van der Waals surface area contributed by atoms with Gasteiger partial charge in [0, 0.05) is 31.0 Å². The summed E-state index contributed by atoms with van der Waals surface area (Å²) in [4.78, 5) is 29.8. The third-order valence-corrected chi connectivity index (χ3v) is 4.81. The highest BCUT2D eigenvalue weighted by molar-refractivity contribution is 5.99. The van der Waals surface area contributed by atoms with E-state index in [2.05, 4.69) is 15.6 Å². The van der Waals surface area contributed by atoms with E-state index >= 15 is 0 Å². The maximum atomic E-state index is 12.9. The molecule has 160 valence electrons. The van der Waals surface area contributed by atoms with E-state index in [4.69, 9.17) is 5.73 Å². The molecule has 7 nitrogen and oxygen atoms in total. The van der Waals surface area contributed by atoms with Crippen LogP contribution in [0.5, 0.6) is 0 Å². The molecule has 1 saturated heterocycles. The first-order valence-corrected chi connectivity index (χ1v) is 9.43. The Morgan fingerprint density at radius 2 is 1.90 bits per heavy atom.